The molecule has 0 N–H and O–H groups in total. The third-order valence-electron chi connectivity index (χ3n) is 2.20. The van der Waals surface area contributed by atoms with E-state index in [1.165, 1.54) is 0 Å². The van der Waals surface area contributed by atoms with Gasteiger partial charge in [0.2, 0.25) is 0 Å². The second-order valence-corrected chi connectivity index (χ2v) is 3.40. The zero-order valence-electron chi connectivity index (χ0n) is 7.77. The smallest absolute Gasteiger partial charge is 0.150 e. The lowest BCUT2D eigenvalue weighted by atomic mass is 10.3. The highest BCUT2D eigenvalue weighted by Gasteiger charge is 2.17. The third-order valence-corrected chi connectivity index (χ3v) is 2.20. The van der Waals surface area contributed by atoms with Gasteiger partial charge in [0.15, 0.2) is 5.76 Å². The van der Waals surface area contributed by atoms with Crippen LogP contribution in [0.1, 0.15) is 12.7 Å². The fourth-order valence-electron chi connectivity index (χ4n) is 1.58. The highest BCUT2D eigenvalue weighted by molar-refractivity contribution is 4.93. The standard InChI is InChI=1S/C9H14N2O2/c1-8-6-11(4-5-12-8)7-9-2-3-10-13-9/h2-3,8H,4-7H2,1H3. The minimum atomic E-state index is 0.330. The van der Waals surface area contributed by atoms with Crippen LogP contribution in [0.15, 0.2) is 16.8 Å². The lowest BCUT2D eigenvalue weighted by Crippen LogP contribution is -2.40. The Kier molecular flexibility index (Phi) is 2.61. The van der Waals surface area contributed by atoms with Crippen LogP contribution in [0.25, 0.3) is 0 Å². The van der Waals surface area contributed by atoms with Gasteiger partial charge in [-0.3, -0.25) is 4.90 Å². The summed E-state index contributed by atoms with van der Waals surface area (Å²) < 4.78 is 10.5. The van der Waals surface area contributed by atoms with Crippen molar-refractivity contribution in [2.24, 2.45) is 0 Å². The van der Waals surface area contributed by atoms with Gasteiger partial charge in [-0.15, -0.1) is 0 Å². The molecule has 0 radical (unpaired) electrons. The molecule has 0 spiro atoms. The molecule has 0 bridgehead atoms. The highest BCUT2D eigenvalue weighted by atomic mass is 16.5. The Balaban J connectivity index is 1.87. The van der Waals surface area contributed by atoms with Gasteiger partial charge in [0.1, 0.15) is 0 Å². The summed E-state index contributed by atoms with van der Waals surface area (Å²) in [6.07, 6.45) is 2.01. The molecule has 1 aromatic rings. The molecule has 2 rings (SSSR count). The van der Waals surface area contributed by atoms with Crippen molar-refractivity contribution in [3.05, 3.63) is 18.0 Å². The highest BCUT2D eigenvalue weighted by Crippen LogP contribution is 2.09. The first kappa shape index (κ1) is 8.72. The average molecular weight is 182 g/mol. The summed E-state index contributed by atoms with van der Waals surface area (Å²) >= 11 is 0. The van der Waals surface area contributed by atoms with Crippen LogP contribution in [-0.2, 0) is 11.3 Å². The molecule has 1 atom stereocenters. The SMILES string of the molecule is CC1CN(Cc2ccno2)CCO1. The zero-order chi connectivity index (χ0) is 9.10. The molecule has 1 aliphatic heterocycles. The van der Waals surface area contributed by atoms with Crippen LogP contribution >= 0.6 is 0 Å². The Morgan fingerprint density at radius 1 is 1.69 bits per heavy atom. The topological polar surface area (TPSA) is 38.5 Å². The lowest BCUT2D eigenvalue weighted by molar-refractivity contribution is -0.0235. The Labute approximate surface area is 77.5 Å². The van der Waals surface area contributed by atoms with Crippen molar-refractivity contribution in [2.45, 2.75) is 19.6 Å². The van der Waals surface area contributed by atoms with E-state index >= 15 is 0 Å². The monoisotopic (exact) mass is 182 g/mol. The van der Waals surface area contributed by atoms with Crippen LogP contribution in [0.4, 0.5) is 0 Å². The molecule has 13 heavy (non-hydrogen) atoms. The van der Waals surface area contributed by atoms with Crippen LogP contribution < -0.4 is 0 Å². The molecular weight excluding hydrogens is 168 g/mol. The second-order valence-electron chi connectivity index (χ2n) is 3.40. The molecule has 0 aromatic carbocycles. The van der Waals surface area contributed by atoms with E-state index in [4.69, 9.17) is 9.26 Å². The van der Waals surface area contributed by atoms with Crippen molar-refractivity contribution in [1.29, 1.82) is 0 Å². The van der Waals surface area contributed by atoms with E-state index in [2.05, 4.69) is 17.0 Å². The van der Waals surface area contributed by atoms with E-state index in [1.54, 1.807) is 6.20 Å². The van der Waals surface area contributed by atoms with Gasteiger partial charge in [0.25, 0.3) is 0 Å². The Bertz CT molecular complexity index is 248. The minimum Gasteiger partial charge on any atom is -0.376 e. The maximum atomic E-state index is 5.44. The normalized spacial score (nSPS) is 24.8. The van der Waals surface area contributed by atoms with E-state index < -0.39 is 0 Å². The molecule has 4 heteroatoms. The van der Waals surface area contributed by atoms with E-state index in [9.17, 15) is 0 Å². The first-order valence-corrected chi connectivity index (χ1v) is 4.58. The lowest BCUT2D eigenvalue weighted by Gasteiger charge is -2.30. The van der Waals surface area contributed by atoms with Crippen LogP contribution in [0.3, 0.4) is 0 Å². The zero-order valence-corrected chi connectivity index (χ0v) is 7.77. The number of hydrogen-bond acceptors (Lipinski definition) is 4. The molecule has 0 aliphatic carbocycles. The Morgan fingerprint density at radius 2 is 2.62 bits per heavy atom. The molecular formula is C9H14N2O2. The van der Waals surface area contributed by atoms with Crippen molar-refractivity contribution in [1.82, 2.24) is 10.1 Å². The van der Waals surface area contributed by atoms with Gasteiger partial charge in [-0.25, -0.2) is 0 Å². The molecule has 0 saturated carbocycles. The number of aromatic nitrogens is 1. The molecule has 2 heterocycles. The summed E-state index contributed by atoms with van der Waals surface area (Å²) in [5, 5.41) is 3.67. The van der Waals surface area contributed by atoms with Gasteiger partial charge in [-0.2, -0.15) is 0 Å². The average Bonchev–Trinajstić information content (AvgIpc) is 2.57. The number of morpholine rings is 1. The van der Waals surface area contributed by atoms with Gasteiger partial charge in [-0.05, 0) is 6.92 Å². The quantitative estimate of drug-likeness (QED) is 0.681. The minimum absolute atomic E-state index is 0.330. The van der Waals surface area contributed by atoms with Gasteiger partial charge in [-0.1, -0.05) is 5.16 Å². The Hall–Kier alpha value is -0.870. The molecule has 0 amide bonds. The summed E-state index contributed by atoms with van der Waals surface area (Å²) in [5.41, 5.74) is 0. The fraction of sp³-hybridized carbons (Fsp3) is 0.667. The van der Waals surface area contributed by atoms with Crippen LogP contribution in [-0.4, -0.2) is 35.9 Å². The maximum Gasteiger partial charge on any atom is 0.150 e. The summed E-state index contributed by atoms with van der Waals surface area (Å²) in [4.78, 5) is 2.31. The summed E-state index contributed by atoms with van der Waals surface area (Å²) in [6, 6.07) is 1.90. The fourth-order valence-corrected chi connectivity index (χ4v) is 1.58. The van der Waals surface area contributed by atoms with Crippen molar-refractivity contribution in [2.75, 3.05) is 19.7 Å². The number of nitrogens with zero attached hydrogens (tertiary/aromatic N) is 2. The van der Waals surface area contributed by atoms with Crippen molar-refractivity contribution < 1.29 is 9.26 Å². The molecule has 4 nitrogen and oxygen atoms in total. The van der Waals surface area contributed by atoms with Gasteiger partial charge < -0.3 is 9.26 Å². The molecule has 72 valence electrons. The first-order valence-electron chi connectivity index (χ1n) is 4.58. The van der Waals surface area contributed by atoms with Crippen molar-refractivity contribution in [3.8, 4) is 0 Å². The molecule has 1 fully saturated rings. The van der Waals surface area contributed by atoms with E-state index in [1.807, 2.05) is 6.07 Å². The summed E-state index contributed by atoms with van der Waals surface area (Å²) in [5.74, 6) is 0.925. The van der Waals surface area contributed by atoms with Gasteiger partial charge in [0.05, 0.1) is 25.5 Å². The maximum absolute atomic E-state index is 5.44. The van der Waals surface area contributed by atoms with Crippen LogP contribution in [0, 0.1) is 0 Å². The van der Waals surface area contributed by atoms with E-state index in [0.717, 1.165) is 32.0 Å². The number of rotatable bonds is 2. The van der Waals surface area contributed by atoms with Crippen molar-refractivity contribution >= 4 is 0 Å². The van der Waals surface area contributed by atoms with Crippen molar-refractivity contribution in [3.63, 3.8) is 0 Å². The number of ether oxygens (including phenoxy) is 1. The molecule has 1 unspecified atom stereocenters. The predicted molar refractivity (Wildman–Crippen MR) is 47.2 cm³/mol. The van der Waals surface area contributed by atoms with E-state index in [0.29, 0.717) is 6.10 Å². The van der Waals surface area contributed by atoms with Gasteiger partial charge >= 0.3 is 0 Å². The largest absolute Gasteiger partial charge is 0.376 e. The molecule has 1 aliphatic rings. The predicted octanol–water partition coefficient (Wildman–Crippen LogP) is 0.895. The molecule has 1 aromatic heterocycles. The van der Waals surface area contributed by atoms with Gasteiger partial charge in [0, 0.05) is 19.2 Å². The first-order chi connectivity index (χ1) is 6.34. The second kappa shape index (κ2) is 3.89. The van der Waals surface area contributed by atoms with E-state index in [-0.39, 0.29) is 0 Å². The Morgan fingerprint density at radius 3 is 3.31 bits per heavy atom. The molecule has 1 saturated heterocycles. The summed E-state index contributed by atoms with van der Waals surface area (Å²) in [7, 11) is 0. The van der Waals surface area contributed by atoms with Crippen LogP contribution in [0.2, 0.25) is 0 Å². The number of hydrogen-bond donors (Lipinski definition) is 0. The van der Waals surface area contributed by atoms with Crippen LogP contribution in [0.5, 0.6) is 0 Å². The summed E-state index contributed by atoms with van der Waals surface area (Å²) in [6.45, 7) is 5.70. The third kappa shape index (κ3) is 2.29.